The smallest absolute Gasteiger partial charge is 0.274 e. The van der Waals surface area contributed by atoms with Crippen LogP contribution in [0.4, 0.5) is 11.4 Å². The molecule has 0 saturated carbocycles. The first-order chi connectivity index (χ1) is 9.60. The topological polar surface area (TPSA) is 54.0 Å². The number of carbonyl (C=O) groups is 1. The fraction of sp³-hybridized carbons (Fsp3) is 0.143. The zero-order valence-electron chi connectivity index (χ0n) is 10.8. The van der Waals surface area contributed by atoms with Crippen LogP contribution in [0.3, 0.4) is 0 Å². The molecule has 104 valence electrons. The van der Waals surface area contributed by atoms with Gasteiger partial charge in [-0.2, -0.15) is 0 Å². The number of carbonyl (C=O) groups excluding carboxylic acids is 1. The van der Waals surface area contributed by atoms with Crippen LogP contribution in [-0.4, -0.2) is 17.4 Å². The summed E-state index contributed by atoms with van der Waals surface area (Å²) in [6.07, 6.45) is 1.61. The minimum Gasteiger partial charge on any atom is -0.385 e. The summed E-state index contributed by atoms with van der Waals surface area (Å²) >= 11 is 6.78. The molecule has 4 nitrogen and oxygen atoms in total. The first kappa shape index (κ1) is 15.0. The molecule has 1 aromatic carbocycles. The Labute approximate surface area is 134 Å². The molecule has 0 bridgehead atoms. The highest BCUT2D eigenvalue weighted by atomic mass is 79.9. The van der Waals surface area contributed by atoms with E-state index in [9.17, 15) is 4.79 Å². The van der Waals surface area contributed by atoms with E-state index in [-0.39, 0.29) is 5.91 Å². The van der Waals surface area contributed by atoms with Gasteiger partial charge in [-0.1, -0.05) is 15.9 Å². The van der Waals surface area contributed by atoms with Gasteiger partial charge in [-0.25, -0.2) is 0 Å². The molecule has 0 radical (unpaired) electrons. The van der Waals surface area contributed by atoms with E-state index in [2.05, 4.69) is 47.5 Å². The number of hydrogen-bond donors (Lipinski definition) is 2. The molecule has 0 fully saturated rings. The lowest BCUT2D eigenvalue weighted by Crippen LogP contribution is -2.14. The van der Waals surface area contributed by atoms with Crippen LogP contribution in [0.2, 0.25) is 0 Å². The lowest BCUT2D eigenvalue weighted by Gasteiger charge is -2.09. The monoisotopic (exact) mass is 397 g/mol. The second-order valence-electron chi connectivity index (χ2n) is 4.04. The first-order valence-corrected chi connectivity index (χ1v) is 7.65. The SMILES string of the molecule is CCNc1ccnc(C(=O)Nc2cc(Br)ccc2Br)c1. The Hall–Kier alpha value is -1.40. The van der Waals surface area contributed by atoms with Gasteiger partial charge in [0.1, 0.15) is 5.69 Å². The van der Waals surface area contributed by atoms with Gasteiger partial charge < -0.3 is 10.6 Å². The zero-order valence-corrected chi connectivity index (χ0v) is 14.0. The Bertz CT molecular complexity index is 632. The van der Waals surface area contributed by atoms with Gasteiger partial charge >= 0.3 is 0 Å². The van der Waals surface area contributed by atoms with Crippen molar-refractivity contribution in [1.29, 1.82) is 0 Å². The maximum atomic E-state index is 12.2. The van der Waals surface area contributed by atoms with Crippen LogP contribution >= 0.6 is 31.9 Å². The Balaban J connectivity index is 2.19. The van der Waals surface area contributed by atoms with Crippen LogP contribution in [0.15, 0.2) is 45.5 Å². The molecule has 1 heterocycles. The zero-order chi connectivity index (χ0) is 14.5. The molecule has 6 heteroatoms. The van der Waals surface area contributed by atoms with Crippen molar-refractivity contribution in [3.8, 4) is 0 Å². The molecule has 2 aromatic rings. The van der Waals surface area contributed by atoms with E-state index in [0.29, 0.717) is 11.4 Å². The highest BCUT2D eigenvalue weighted by Crippen LogP contribution is 2.26. The van der Waals surface area contributed by atoms with E-state index in [1.807, 2.05) is 31.2 Å². The Morgan fingerprint density at radius 3 is 2.80 bits per heavy atom. The molecule has 0 aliphatic carbocycles. The fourth-order valence-corrected chi connectivity index (χ4v) is 2.36. The lowest BCUT2D eigenvalue weighted by atomic mass is 10.2. The average molecular weight is 399 g/mol. The third-order valence-electron chi connectivity index (χ3n) is 2.55. The Kier molecular flexibility index (Phi) is 5.14. The molecule has 2 N–H and O–H groups in total. The van der Waals surface area contributed by atoms with Gasteiger partial charge in [0.25, 0.3) is 5.91 Å². The minimum absolute atomic E-state index is 0.247. The van der Waals surface area contributed by atoms with Crippen molar-refractivity contribution >= 4 is 49.1 Å². The molecule has 0 spiro atoms. The van der Waals surface area contributed by atoms with E-state index in [4.69, 9.17) is 0 Å². The van der Waals surface area contributed by atoms with Crippen molar-refractivity contribution in [2.75, 3.05) is 17.2 Å². The molecule has 1 amide bonds. The maximum Gasteiger partial charge on any atom is 0.274 e. The van der Waals surface area contributed by atoms with Crippen molar-refractivity contribution < 1.29 is 4.79 Å². The van der Waals surface area contributed by atoms with Crippen molar-refractivity contribution in [2.24, 2.45) is 0 Å². The van der Waals surface area contributed by atoms with Gasteiger partial charge in [0, 0.05) is 27.4 Å². The van der Waals surface area contributed by atoms with Crippen molar-refractivity contribution in [1.82, 2.24) is 4.98 Å². The highest BCUT2D eigenvalue weighted by molar-refractivity contribution is 9.11. The van der Waals surface area contributed by atoms with Gasteiger partial charge in [-0.15, -0.1) is 0 Å². The van der Waals surface area contributed by atoms with E-state index in [1.165, 1.54) is 0 Å². The number of amides is 1. The molecule has 2 rings (SSSR count). The predicted molar refractivity (Wildman–Crippen MR) is 88.2 cm³/mol. The predicted octanol–water partition coefficient (Wildman–Crippen LogP) is 4.29. The van der Waals surface area contributed by atoms with Crippen LogP contribution in [0.1, 0.15) is 17.4 Å². The third-order valence-corrected chi connectivity index (χ3v) is 3.73. The molecule has 0 aliphatic heterocycles. The number of benzene rings is 1. The van der Waals surface area contributed by atoms with Crippen LogP contribution in [-0.2, 0) is 0 Å². The van der Waals surface area contributed by atoms with Gasteiger partial charge in [0.15, 0.2) is 0 Å². The highest BCUT2D eigenvalue weighted by Gasteiger charge is 2.10. The maximum absolute atomic E-state index is 12.2. The number of rotatable bonds is 4. The number of nitrogens with zero attached hydrogens (tertiary/aromatic N) is 1. The Morgan fingerprint density at radius 2 is 2.05 bits per heavy atom. The molecule has 0 saturated heterocycles. The summed E-state index contributed by atoms with van der Waals surface area (Å²) in [6.45, 7) is 2.79. The molecule has 0 aliphatic rings. The second kappa shape index (κ2) is 6.85. The Morgan fingerprint density at radius 1 is 1.25 bits per heavy atom. The van der Waals surface area contributed by atoms with E-state index in [0.717, 1.165) is 21.2 Å². The summed E-state index contributed by atoms with van der Waals surface area (Å²) in [6, 6.07) is 9.14. The van der Waals surface area contributed by atoms with Crippen molar-refractivity contribution in [3.05, 3.63) is 51.2 Å². The summed E-state index contributed by atoms with van der Waals surface area (Å²) in [7, 11) is 0. The molecule has 20 heavy (non-hydrogen) atoms. The standard InChI is InChI=1S/C14H13Br2N3O/c1-2-17-10-5-6-18-13(8-10)14(20)19-12-7-9(15)3-4-11(12)16/h3-8H,2H2,1H3,(H,17,18)(H,19,20). The lowest BCUT2D eigenvalue weighted by molar-refractivity contribution is 0.102. The van der Waals surface area contributed by atoms with Gasteiger partial charge in [0.2, 0.25) is 0 Å². The number of aromatic nitrogens is 1. The first-order valence-electron chi connectivity index (χ1n) is 6.06. The number of anilines is 2. The third kappa shape index (κ3) is 3.80. The van der Waals surface area contributed by atoms with Crippen LogP contribution in [0, 0.1) is 0 Å². The number of pyridine rings is 1. The molecular weight excluding hydrogens is 386 g/mol. The van der Waals surface area contributed by atoms with E-state index in [1.54, 1.807) is 12.3 Å². The fourth-order valence-electron chi connectivity index (χ4n) is 1.65. The normalized spacial score (nSPS) is 10.2. The number of halogens is 2. The molecular formula is C14H13Br2N3O. The number of nitrogens with one attached hydrogen (secondary N) is 2. The summed E-state index contributed by atoms with van der Waals surface area (Å²) in [5.74, 6) is -0.247. The van der Waals surface area contributed by atoms with Crippen molar-refractivity contribution in [2.45, 2.75) is 6.92 Å². The molecule has 0 unspecified atom stereocenters. The van der Waals surface area contributed by atoms with Crippen molar-refractivity contribution in [3.63, 3.8) is 0 Å². The summed E-state index contributed by atoms with van der Waals surface area (Å²) in [5, 5.41) is 5.98. The number of hydrogen-bond acceptors (Lipinski definition) is 3. The van der Waals surface area contributed by atoms with Crippen LogP contribution in [0.5, 0.6) is 0 Å². The van der Waals surface area contributed by atoms with Crippen LogP contribution in [0.25, 0.3) is 0 Å². The van der Waals surface area contributed by atoms with E-state index < -0.39 is 0 Å². The average Bonchev–Trinajstić information content (AvgIpc) is 2.43. The molecule has 1 aromatic heterocycles. The van der Waals surface area contributed by atoms with E-state index >= 15 is 0 Å². The quantitative estimate of drug-likeness (QED) is 0.807. The largest absolute Gasteiger partial charge is 0.385 e. The molecule has 0 atom stereocenters. The summed E-state index contributed by atoms with van der Waals surface area (Å²) in [4.78, 5) is 16.3. The van der Waals surface area contributed by atoms with Gasteiger partial charge in [-0.05, 0) is 53.2 Å². The minimum atomic E-state index is -0.247. The van der Waals surface area contributed by atoms with Gasteiger partial charge in [0.05, 0.1) is 5.69 Å². The van der Waals surface area contributed by atoms with Gasteiger partial charge in [-0.3, -0.25) is 9.78 Å². The second-order valence-corrected chi connectivity index (χ2v) is 5.81. The summed E-state index contributed by atoms with van der Waals surface area (Å²) < 4.78 is 1.71. The summed E-state index contributed by atoms with van der Waals surface area (Å²) in [5.41, 5.74) is 1.94. The van der Waals surface area contributed by atoms with Crippen LogP contribution < -0.4 is 10.6 Å².